The second kappa shape index (κ2) is 10.4. The molecule has 3 aromatic carbocycles. The molecular weight excluding hydrogens is 483 g/mol. The summed E-state index contributed by atoms with van der Waals surface area (Å²) in [6.07, 6.45) is -4.47. The highest BCUT2D eigenvalue weighted by Crippen LogP contribution is 2.34. The van der Waals surface area contributed by atoms with Crippen LogP contribution >= 0.6 is 11.6 Å². The lowest BCUT2D eigenvalue weighted by Gasteiger charge is -2.20. The summed E-state index contributed by atoms with van der Waals surface area (Å²) in [5.41, 5.74) is 0.404. The van der Waals surface area contributed by atoms with Crippen LogP contribution in [0.3, 0.4) is 0 Å². The molecule has 184 valence electrons. The number of amides is 1. The van der Waals surface area contributed by atoms with Gasteiger partial charge in [0.25, 0.3) is 5.91 Å². The van der Waals surface area contributed by atoms with E-state index in [0.717, 1.165) is 24.3 Å². The molecule has 0 spiro atoms. The first-order valence-electron chi connectivity index (χ1n) is 10.5. The van der Waals surface area contributed by atoms with Crippen molar-refractivity contribution in [3.63, 3.8) is 0 Å². The fourth-order valence-electron chi connectivity index (χ4n) is 3.11. The van der Waals surface area contributed by atoms with Crippen LogP contribution in [0, 0.1) is 0 Å². The van der Waals surface area contributed by atoms with Gasteiger partial charge in [0.05, 0.1) is 5.56 Å². The summed E-state index contributed by atoms with van der Waals surface area (Å²) in [5.74, 6) is -0.642. The molecule has 5 nitrogen and oxygen atoms in total. The van der Waals surface area contributed by atoms with E-state index >= 15 is 0 Å². The van der Waals surface area contributed by atoms with Gasteiger partial charge in [-0.1, -0.05) is 23.7 Å². The zero-order valence-corrected chi connectivity index (χ0v) is 20.0. The highest BCUT2D eigenvalue weighted by Gasteiger charge is 2.30. The fraction of sp³-hybridized carbons (Fsp3) is 0.231. The molecule has 9 heteroatoms. The molecule has 0 aliphatic heterocycles. The third kappa shape index (κ3) is 7.48. The van der Waals surface area contributed by atoms with E-state index in [1.54, 1.807) is 63.2 Å². The standard InChI is InChI=1S/C26H23ClF3NO4/c1-25(2,3)35-23(32)15-34-22-13-10-19(27)14-21(22)16-6-11-20(12-7-16)31-24(33)17-4-8-18(9-5-17)26(28,29)30/h4-14H,15H2,1-3H3,(H,31,33). The zero-order chi connectivity index (χ0) is 25.8. The molecular formula is C26H23ClF3NO4. The van der Waals surface area contributed by atoms with Gasteiger partial charge in [0.15, 0.2) is 6.61 Å². The molecule has 0 aliphatic rings. The van der Waals surface area contributed by atoms with Gasteiger partial charge in [0.2, 0.25) is 0 Å². The molecule has 0 aromatic heterocycles. The predicted octanol–water partition coefficient (Wildman–Crippen LogP) is 7.00. The molecule has 0 atom stereocenters. The maximum Gasteiger partial charge on any atom is 0.416 e. The number of hydrogen-bond acceptors (Lipinski definition) is 4. The number of rotatable bonds is 6. The van der Waals surface area contributed by atoms with Crippen LogP contribution < -0.4 is 10.1 Å². The van der Waals surface area contributed by atoms with Gasteiger partial charge in [-0.15, -0.1) is 0 Å². The van der Waals surface area contributed by atoms with Gasteiger partial charge in [-0.2, -0.15) is 13.2 Å². The number of carbonyl (C=O) groups is 2. The molecule has 35 heavy (non-hydrogen) atoms. The van der Waals surface area contributed by atoms with Gasteiger partial charge < -0.3 is 14.8 Å². The summed E-state index contributed by atoms with van der Waals surface area (Å²) in [7, 11) is 0. The Morgan fingerprint density at radius 2 is 1.54 bits per heavy atom. The topological polar surface area (TPSA) is 64.6 Å². The normalized spacial score (nSPS) is 11.6. The van der Waals surface area contributed by atoms with E-state index in [2.05, 4.69) is 5.32 Å². The number of carbonyl (C=O) groups excluding carboxylic acids is 2. The van der Waals surface area contributed by atoms with Crippen molar-refractivity contribution in [2.75, 3.05) is 11.9 Å². The number of alkyl halides is 3. The van der Waals surface area contributed by atoms with Crippen LogP contribution in [0.5, 0.6) is 5.75 Å². The van der Waals surface area contributed by atoms with Crippen molar-refractivity contribution in [3.05, 3.63) is 82.9 Å². The molecule has 3 aromatic rings. The lowest BCUT2D eigenvalue weighted by molar-refractivity contribution is -0.157. The summed E-state index contributed by atoms with van der Waals surface area (Å²) in [4.78, 5) is 24.4. The van der Waals surface area contributed by atoms with E-state index in [4.69, 9.17) is 21.1 Å². The summed E-state index contributed by atoms with van der Waals surface area (Å²) in [5, 5.41) is 3.11. The molecule has 0 aliphatic carbocycles. The average molecular weight is 506 g/mol. The van der Waals surface area contributed by atoms with Crippen LogP contribution in [0.25, 0.3) is 11.1 Å². The number of benzene rings is 3. The van der Waals surface area contributed by atoms with E-state index in [9.17, 15) is 22.8 Å². The number of esters is 1. The van der Waals surface area contributed by atoms with Gasteiger partial charge in [-0.25, -0.2) is 4.79 Å². The summed E-state index contributed by atoms with van der Waals surface area (Å²) < 4.78 is 49.0. The Morgan fingerprint density at radius 1 is 0.914 bits per heavy atom. The molecule has 0 fully saturated rings. The van der Waals surface area contributed by atoms with E-state index in [1.165, 1.54) is 0 Å². The number of ether oxygens (including phenoxy) is 2. The van der Waals surface area contributed by atoms with E-state index in [1.807, 2.05) is 0 Å². The minimum atomic E-state index is -4.47. The molecule has 0 unspecified atom stereocenters. The molecule has 3 rings (SSSR count). The van der Waals surface area contributed by atoms with Crippen LogP contribution in [-0.2, 0) is 15.7 Å². The van der Waals surface area contributed by atoms with Crippen molar-refractivity contribution < 1.29 is 32.2 Å². The molecule has 1 N–H and O–H groups in total. The van der Waals surface area contributed by atoms with Crippen molar-refractivity contribution >= 4 is 29.2 Å². The van der Waals surface area contributed by atoms with E-state index < -0.39 is 29.2 Å². The summed E-state index contributed by atoms with van der Waals surface area (Å²) >= 11 is 6.15. The average Bonchev–Trinajstić information content (AvgIpc) is 2.77. The predicted molar refractivity (Wildman–Crippen MR) is 128 cm³/mol. The van der Waals surface area contributed by atoms with Gasteiger partial charge in [0, 0.05) is 21.8 Å². The van der Waals surface area contributed by atoms with E-state index in [-0.39, 0.29) is 12.2 Å². The van der Waals surface area contributed by atoms with Crippen LogP contribution in [-0.4, -0.2) is 24.1 Å². The first-order chi connectivity index (χ1) is 16.3. The smallest absolute Gasteiger partial charge is 0.416 e. The van der Waals surface area contributed by atoms with Crippen LogP contribution in [0.4, 0.5) is 18.9 Å². The van der Waals surface area contributed by atoms with Gasteiger partial charge >= 0.3 is 12.1 Å². The monoisotopic (exact) mass is 505 g/mol. The Balaban J connectivity index is 1.72. The lowest BCUT2D eigenvalue weighted by atomic mass is 10.0. The molecule has 0 heterocycles. The SMILES string of the molecule is CC(C)(C)OC(=O)COc1ccc(Cl)cc1-c1ccc(NC(=O)c2ccc(C(F)(F)F)cc2)cc1. The van der Waals surface area contributed by atoms with Gasteiger partial charge in [-0.3, -0.25) is 4.79 Å². The Bertz CT molecular complexity index is 1200. The maximum atomic E-state index is 12.7. The second-order valence-corrected chi connectivity index (χ2v) is 9.06. The number of hydrogen-bond donors (Lipinski definition) is 1. The minimum Gasteiger partial charge on any atom is -0.481 e. The number of nitrogens with one attached hydrogen (secondary N) is 1. The van der Waals surface area contributed by atoms with Crippen molar-refractivity contribution in [1.82, 2.24) is 0 Å². The Kier molecular flexibility index (Phi) is 7.75. The first kappa shape index (κ1) is 26.1. The number of halogens is 4. The lowest BCUT2D eigenvalue weighted by Crippen LogP contribution is -2.27. The number of anilines is 1. The third-order valence-corrected chi connectivity index (χ3v) is 4.87. The molecule has 0 saturated heterocycles. The van der Waals surface area contributed by atoms with Gasteiger partial charge in [0.1, 0.15) is 11.4 Å². The Labute approximate surface area is 205 Å². The van der Waals surface area contributed by atoms with Crippen molar-refractivity contribution in [2.45, 2.75) is 32.5 Å². The largest absolute Gasteiger partial charge is 0.481 e. The molecule has 1 amide bonds. The van der Waals surface area contributed by atoms with Crippen molar-refractivity contribution in [1.29, 1.82) is 0 Å². The molecule has 0 saturated carbocycles. The summed E-state index contributed by atoms with van der Waals surface area (Å²) in [6, 6.07) is 15.6. The molecule has 0 radical (unpaired) electrons. The second-order valence-electron chi connectivity index (χ2n) is 8.62. The Hall–Kier alpha value is -3.52. The first-order valence-corrected chi connectivity index (χ1v) is 10.9. The van der Waals surface area contributed by atoms with Gasteiger partial charge in [-0.05, 0) is 80.9 Å². The quantitative estimate of drug-likeness (QED) is 0.366. The highest BCUT2D eigenvalue weighted by molar-refractivity contribution is 6.31. The zero-order valence-electron chi connectivity index (χ0n) is 19.2. The van der Waals surface area contributed by atoms with Crippen LogP contribution in [0.2, 0.25) is 5.02 Å². The Morgan fingerprint density at radius 3 is 2.11 bits per heavy atom. The highest BCUT2D eigenvalue weighted by atomic mass is 35.5. The summed E-state index contributed by atoms with van der Waals surface area (Å²) in [6.45, 7) is 5.00. The van der Waals surface area contributed by atoms with Crippen molar-refractivity contribution in [2.24, 2.45) is 0 Å². The molecule has 0 bridgehead atoms. The van der Waals surface area contributed by atoms with Crippen molar-refractivity contribution in [3.8, 4) is 16.9 Å². The van der Waals surface area contributed by atoms with E-state index in [0.29, 0.717) is 27.6 Å². The fourth-order valence-corrected chi connectivity index (χ4v) is 3.28. The maximum absolute atomic E-state index is 12.7. The minimum absolute atomic E-state index is 0.0924. The third-order valence-electron chi connectivity index (χ3n) is 4.64. The van der Waals surface area contributed by atoms with Crippen LogP contribution in [0.1, 0.15) is 36.7 Å². The van der Waals surface area contributed by atoms with Crippen LogP contribution in [0.15, 0.2) is 66.7 Å².